The molecule has 6 aliphatic carbocycles. The van der Waals surface area contributed by atoms with Gasteiger partial charge in [0.2, 0.25) is 0 Å². The summed E-state index contributed by atoms with van der Waals surface area (Å²) < 4.78 is 0. The summed E-state index contributed by atoms with van der Waals surface area (Å²) in [5, 5.41) is 21.2. The maximum atomic E-state index is 10.7. The van der Waals surface area contributed by atoms with Crippen molar-refractivity contribution in [1.29, 1.82) is 0 Å². The molecule has 0 radical (unpaired) electrons. The molecule has 2 nitrogen and oxygen atoms in total. The molecule has 0 unspecified atom stereocenters. The van der Waals surface area contributed by atoms with Gasteiger partial charge >= 0.3 is 0 Å². The Labute approximate surface area is 342 Å². The highest BCUT2D eigenvalue weighted by Gasteiger charge is 2.50. The molecule has 2 heteroatoms. The van der Waals surface area contributed by atoms with Gasteiger partial charge in [0, 0.05) is 51.5 Å². The molecule has 6 aliphatic rings. The molecule has 278 valence electrons. The van der Waals surface area contributed by atoms with E-state index in [1.807, 2.05) is 26.0 Å². The summed E-state index contributed by atoms with van der Waals surface area (Å²) in [6, 6.07) is 39.9. The van der Waals surface area contributed by atoms with Gasteiger partial charge in [0.25, 0.3) is 0 Å². The summed E-state index contributed by atoms with van der Waals surface area (Å²) in [5.41, 5.74) is 18.8. The van der Waals surface area contributed by atoms with Gasteiger partial charge in [0.1, 0.15) is 11.2 Å². The minimum Gasteiger partial charge on any atom is -0.378 e. The van der Waals surface area contributed by atoms with Crippen molar-refractivity contribution in [1.82, 2.24) is 0 Å². The molecule has 0 fully saturated rings. The van der Waals surface area contributed by atoms with Crippen molar-refractivity contribution in [3.8, 4) is 47.4 Å². The molecule has 4 bridgehead atoms. The Morgan fingerprint density at radius 2 is 0.724 bits per heavy atom. The lowest BCUT2D eigenvalue weighted by Crippen LogP contribution is -2.35. The summed E-state index contributed by atoms with van der Waals surface area (Å²) in [6.45, 7) is 10.7. The van der Waals surface area contributed by atoms with E-state index in [4.69, 9.17) is 0 Å². The van der Waals surface area contributed by atoms with E-state index in [9.17, 15) is 10.2 Å². The number of aliphatic hydroxyl groups is 2. The van der Waals surface area contributed by atoms with Crippen LogP contribution >= 0.6 is 0 Å². The molecular weight excluding hydrogens is 705 g/mol. The lowest BCUT2D eigenvalue weighted by atomic mass is 9.53. The summed E-state index contributed by atoms with van der Waals surface area (Å²) in [6.07, 6.45) is 0. The maximum Gasteiger partial charge on any atom is 0.120 e. The lowest BCUT2D eigenvalue weighted by molar-refractivity contribution is 0.143. The third-order valence-electron chi connectivity index (χ3n) is 12.2. The molecular formula is C56H42O2. The van der Waals surface area contributed by atoms with Gasteiger partial charge < -0.3 is 10.2 Å². The zero-order valence-corrected chi connectivity index (χ0v) is 33.6. The lowest BCUT2D eigenvalue weighted by Gasteiger charge is -2.48. The van der Waals surface area contributed by atoms with Crippen LogP contribution in [0.4, 0.5) is 0 Å². The third kappa shape index (κ3) is 5.49. The second-order valence-corrected chi connectivity index (χ2v) is 17.1. The fourth-order valence-electron chi connectivity index (χ4n) is 10.1. The smallest absolute Gasteiger partial charge is 0.120 e. The van der Waals surface area contributed by atoms with Gasteiger partial charge in [-0.3, -0.25) is 0 Å². The van der Waals surface area contributed by atoms with Crippen LogP contribution in [0.3, 0.4) is 0 Å². The van der Waals surface area contributed by atoms with Crippen LogP contribution in [0.1, 0.15) is 158 Å². The standard InChI is InChI=1S/C56H42O2/c1-7-16-45-51-47-37-17-8-12-21-41(37)49(42-22-13-9-18-38(42)47)53(51)46(54-50-43-23-14-10-19-39(43)48(52(45)54)40-20-11-15-24-44(40)50)26-25-35-32-34(27-29-55(3,4)57)33(2)31-36(35)28-30-56(5,6)58/h8-15,17-24,31-32,47-50,57-58H,1-6H3. The molecule has 6 aromatic carbocycles. The highest BCUT2D eigenvalue weighted by atomic mass is 16.3. The van der Waals surface area contributed by atoms with Crippen LogP contribution in [-0.2, 0) is 0 Å². The van der Waals surface area contributed by atoms with Gasteiger partial charge in [-0.25, -0.2) is 0 Å². The molecule has 0 spiro atoms. The maximum absolute atomic E-state index is 10.7. The van der Waals surface area contributed by atoms with Crippen LogP contribution < -0.4 is 0 Å². The highest BCUT2D eigenvalue weighted by Crippen LogP contribution is 2.63. The first-order chi connectivity index (χ1) is 27.9. The fourth-order valence-corrected chi connectivity index (χ4v) is 10.1. The molecule has 0 aromatic heterocycles. The van der Waals surface area contributed by atoms with Crippen LogP contribution in [-0.4, -0.2) is 21.4 Å². The quantitative estimate of drug-likeness (QED) is 0.152. The van der Waals surface area contributed by atoms with Crippen molar-refractivity contribution < 1.29 is 10.2 Å². The van der Waals surface area contributed by atoms with Crippen LogP contribution in [0, 0.1) is 54.3 Å². The number of rotatable bonds is 0. The molecule has 0 atom stereocenters. The molecule has 0 saturated heterocycles. The molecule has 0 heterocycles. The van der Waals surface area contributed by atoms with Gasteiger partial charge in [-0.15, -0.1) is 5.92 Å². The summed E-state index contributed by atoms with van der Waals surface area (Å²) >= 11 is 0. The zero-order chi connectivity index (χ0) is 40.1. The highest BCUT2D eigenvalue weighted by molar-refractivity contribution is 5.82. The summed E-state index contributed by atoms with van der Waals surface area (Å²) in [4.78, 5) is 0. The Hall–Kier alpha value is -6.52. The number of benzene rings is 6. The summed E-state index contributed by atoms with van der Waals surface area (Å²) in [5.74, 6) is 27.3. The normalized spacial score (nSPS) is 18.1. The number of hydrogen-bond acceptors (Lipinski definition) is 2. The van der Waals surface area contributed by atoms with Crippen molar-refractivity contribution in [3.63, 3.8) is 0 Å². The zero-order valence-electron chi connectivity index (χ0n) is 33.6. The van der Waals surface area contributed by atoms with Crippen LogP contribution in [0.25, 0.3) is 0 Å². The van der Waals surface area contributed by atoms with Crippen molar-refractivity contribution in [2.75, 3.05) is 0 Å². The first-order valence-corrected chi connectivity index (χ1v) is 20.1. The van der Waals surface area contributed by atoms with E-state index in [1.54, 1.807) is 27.7 Å². The minimum atomic E-state index is -1.19. The third-order valence-corrected chi connectivity index (χ3v) is 12.2. The number of aryl methyl sites for hydroxylation is 1. The Bertz CT molecular complexity index is 2820. The van der Waals surface area contributed by atoms with E-state index in [2.05, 4.69) is 144 Å². The van der Waals surface area contributed by atoms with Crippen LogP contribution in [0.2, 0.25) is 0 Å². The van der Waals surface area contributed by atoms with Crippen molar-refractivity contribution in [2.24, 2.45) is 0 Å². The predicted octanol–water partition coefficient (Wildman–Crippen LogP) is 9.99. The van der Waals surface area contributed by atoms with Gasteiger partial charge in [-0.05, 0) is 126 Å². The van der Waals surface area contributed by atoms with Crippen LogP contribution in [0.5, 0.6) is 0 Å². The van der Waals surface area contributed by atoms with Crippen molar-refractivity contribution >= 4 is 0 Å². The van der Waals surface area contributed by atoms with Gasteiger partial charge in [0.15, 0.2) is 0 Å². The van der Waals surface area contributed by atoms with Gasteiger partial charge in [-0.1, -0.05) is 139 Å². The Balaban J connectivity index is 1.35. The topological polar surface area (TPSA) is 40.5 Å². The van der Waals surface area contributed by atoms with E-state index in [1.165, 1.54) is 66.8 Å². The Morgan fingerprint density at radius 3 is 1.05 bits per heavy atom. The van der Waals surface area contributed by atoms with Gasteiger partial charge in [0.05, 0.1) is 0 Å². The van der Waals surface area contributed by atoms with E-state index in [0.717, 1.165) is 33.4 Å². The molecule has 58 heavy (non-hydrogen) atoms. The Morgan fingerprint density at radius 1 is 0.414 bits per heavy atom. The summed E-state index contributed by atoms with van der Waals surface area (Å²) in [7, 11) is 0. The average molecular weight is 747 g/mol. The largest absolute Gasteiger partial charge is 0.378 e. The van der Waals surface area contributed by atoms with Crippen molar-refractivity contribution in [3.05, 3.63) is 209 Å². The predicted molar refractivity (Wildman–Crippen MR) is 232 cm³/mol. The minimum absolute atomic E-state index is 0.0105. The van der Waals surface area contributed by atoms with E-state index < -0.39 is 11.2 Å². The molecule has 6 aromatic rings. The van der Waals surface area contributed by atoms with Crippen LogP contribution in [0.15, 0.2) is 109 Å². The Kier molecular flexibility index (Phi) is 8.04. The monoisotopic (exact) mass is 746 g/mol. The molecule has 0 saturated carbocycles. The average Bonchev–Trinajstić information content (AvgIpc) is 3.21. The number of hydrogen-bond donors (Lipinski definition) is 2. The molecule has 2 N–H and O–H groups in total. The molecule has 12 rings (SSSR count). The molecule has 0 amide bonds. The first-order valence-electron chi connectivity index (χ1n) is 20.1. The van der Waals surface area contributed by atoms with E-state index in [-0.39, 0.29) is 23.7 Å². The fraction of sp³-hybridized carbons (Fsp3) is 0.214. The second kappa shape index (κ2) is 13.0. The van der Waals surface area contributed by atoms with Crippen molar-refractivity contribution in [2.45, 2.75) is 76.4 Å². The first kappa shape index (κ1) is 35.9. The SMILES string of the molecule is CC#Cc1c2c(c(C#Cc3cc(C#CC(C)(C)O)c(C)cc3C#CC(C)(C)O)c3c1C1c4ccccc4C3c3ccccc31)C1c3ccccc3C2c2ccccc21. The second-order valence-electron chi connectivity index (χ2n) is 17.1. The molecule has 0 aliphatic heterocycles. The van der Waals surface area contributed by atoms with E-state index in [0.29, 0.717) is 0 Å². The van der Waals surface area contributed by atoms with Gasteiger partial charge in [-0.2, -0.15) is 0 Å². The van der Waals surface area contributed by atoms with E-state index >= 15 is 0 Å².